The summed E-state index contributed by atoms with van der Waals surface area (Å²) in [7, 11) is 0. The van der Waals surface area contributed by atoms with Crippen molar-refractivity contribution in [3.05, 3.63) is 47.9 Å². The van der Waals surface area contributed by atoms with Crippen molar-refractivity contribution in [2.24, 2.45) is 5.92 Å². The van der Waals surface area contributed by atoms with Crippen molar-refractivity contribution in [3.8, 4) is 5.75 Å². The number of nitrogens with one attached hydrogen (secondary N) is 1. The zero-order valence-corrected chi connectivity index (χ0v) is 19.8. The van der Waals surface area contributed by atoms with Crippen molar-refractivity contribution in [2.75, 3.05) is 11.9 Å². The number of hydrogen-bond donors (Lipinski definition) is 3. The molecule has 0 bridgehead atoms. The van der Waals surface area contributed by atoms with Crippen LogP contribution in [0.2, 0.25) is 0 Å². The minimum absolute atomic E-state index is 0.0678. The molecule has 180 valence electrons. The molecule has 2 aliphatic carbocycles. The lowest BCUT2D eigenvalue weighted by molar-refractivity contribution is -0.911. The van der Waals surface area contributed by atoms with Gasteiger partial charge in [0.05, 0.1) is 30.0 Å². The van der Waals surface area contributed by atoms with Crippen LogP contribution in [-0.4, -0.2) is 38.7 Å². The summed E-state index contributed by atoms with van der Waals surface area (Å²) in [5.74, 6) is 0.807. The Morgan fingerprint density at radius 2 is 1.97 bits per heavy atom. The molecule has 0 unspecified atom stereocenters. The molecular weight excluding hydrogens is 432 g/mol. The van der Waals surface area contributed by atoms with Gasteiger partial charge in [0.15, 0.2) is 0 Å². The van der Waals surface area contributed by atoms with E-state index in [0.717, 1.165) is 41.3 Å². The maximum absolute atomic E-state index is 13.1. The third-order valence-corrected chi connectivity index (χ3v) is 6.90. The molecule has 1 aromatic carbocycles. The van der Waals surface area contributed by atoms with E-state index < -0.39 is 5.91 Å². The molecule has 8 nitrogen and oxygen atoms in total. The first kappa shape index (κ1) is 22.7. The molecule has 0 aliphatic heterocycles. The number of hydrogen-bond acceptors (Lipinski definition) is 5. The lowest BCUT2D eigenvalue weighted by atomic mass is 9.93. The van der Waals surface area contributed by atoms with Crippen LogP contribution in [0.5, 0.6) is 5.75 Å². The Bertz CT molecular complexity index is 1190. The summed E-state index contributed by atoms with van der Waals surface area (Å²) < 4.78 is 9.04. The average Bonchev–Trinajstić information content (AvgIpc) is 3.55. The SMILES string of the molecule is CC(C)c1cccc(C(=O)Nc2cc3cn(C4CCC(O)CC4)nc3cc2OCC2CC2)[n+]1O. The fourth-order valence-electron chi connectivity index (χ4n) is 4.60. The summed E-state index contributed by atoms with van der Waals surface area (Å²) in [4.78, 5) is 13.1. The first-order valence-electron chi connectivity index (χ1n) is 12.3. The summed E-state index contributed by atoms with van der Waals surface area (Å²) >= 11 is 0. The largest absolute Gasteiger partial charge is 0.491 e. The minimum atomic E-state index is -0.408. The number of aromatic nitrogens is 3. The molecule has 3 N–H and O–H groups in total. The molecule has 5 rings (SSSR count). The topological polar surface area (TPSA) is 100 Å². The lowest BCUT2D eigenvalue weighted by Crippen LogP contribution is -2.43. The summed E-state index contributed by atoms with van der Waals surface area (Å²) in [6, 6.07) is 9.22. The molecule has 34 heavy (non-hydrogen) atoms. The van der Waals surface area contributed by atoms with Gasteiger partial charge in [0.2, 0.25) is 5.69 Å². The number of ether oxygens (including phenoxy) is 1. The van der Waals surface area contributed by atoms with Gasteiger partial charge in [0.25, 0.3) is 0 Å². The van der Waals surface area contributed by atoms with Crippen LogP contribution in [0.1, 0.15) is 80.5 Å². The minimum Gasteiger partial charge on any atom is -0.491 e. The number of anilines is 1. The summed E-state index contributed by atoms with van der Waals surface area (Å²) in [6.45, 7) is 4.54. The van der Waals surface area contributed by atoms with Crippen molar-refractivity contribution < 1.29 is 24.6 Å². The predicted octanol–water partition coefficient (Wildman–Crippen LogP) is 4.20. The zero-order chi connectivity index (χ0) is 23.8. The Morgan fingerprint density at radius 3 is 2.68 bits per heavy atom. The van der Waals surface area contributed by atoms with Gasteiger partial charge in [-0.2, -0.15) is 5.10 Å². The number of rotatable bonds is 7. The van der Waals surface area contributed by atoms with Gasteiger partial charge in [-0.3, -0.25) is 14.7 Å². The van der Waals surface area contributed by atoms with E-state index in [9.17, 15) is 15.1 Å². The van der Waals surface area contributed by atoms with Crippen molar-refractivity contribution >= 4 is 22.5 Å². The first-order chi connectivity index (χ1) is 16.4. The second-order valence-electron chi connectivity index (χ2n) is 9.99. The molecule has 2 fully saturated rings. The fourth-order valence-corrected chi connectivity index (χ4v) is 4.60. The Hall–Kier alpha value is -3.13. The molecular formula is C26H33N4O4+. The molecule has 3 aromatic rings. The number of benzene rings is 1. The van der Waals surface area contributed by atoms with E-state index in [1.165, 1.54) is 12.8 Å². The van der Waals surface area contributed by atoms with E-state index >= 15 is 0 Å². The number of nitrogens with zero attached hydrogens (tertiary/aromatic N) is 3. The van der Waals surface area contributed by atoms with E-state index in [2.05, 4.69) is 5.32 Å². The maximum atomic E-state index is 13.1. The monoisotopic (exact) mass is 465 g/mol. The summed E-state index contributed by atoms with van der Waals surface area (Å²) in [5.41, 5.74) is 2.20. The molecule has 2 saturated carbocycles. The van der Waals surface area contributed by atoms with Gasteiger partial charge in [0.1, 0.15) is 5.75 Å². The second-order valence-corrected chi connectivity index (χ2v) is 9.99. The van der Waals surface area contributed by atoms with Gasteiger partial charge in [-0.05, 0) is 56.6 Å². The number of fused-ring (bicyclic) bond motifs is 1. The third-order valence-electron chi connectivity index (χ3n) is 6.90. The maximum Gasteiger partial charge on any atom is 0.325 e. The summed E-state index contributed by atoms with van der Waals surface area (Å²) in [6.07, 6.45) is 7.48. The highest BCUT2D eigenvalue weighted by Gasteiger charge is 2.28. The van der Waals surface area contributed by atoms with Gasteiger partial charge in [-0.25, -0.2) is 0 Å². The number of amides is 1. The highest BCUT2D eigenvalue weighted by Crippen LogP contribution is 2.36. The van der Waals surface area contributed by atoms with Gasteiger partial charge in [0, 0.05) is 40.4 Å². The van der Waals surface area contributed by atoms with Crippen LogP contribution in [0, 0.1) is 5.92 Å². The molecule has 2 aromatic heterocycles. The molecule has 2 aliphatic rings. The van der Waals surface area contributed by atoms with Gasteiger partial charge in [-0.1, -0.05) is 13.8 Å². The Labute approximate surface area is 199 Å². The third kappa shape index (κ3) is 4.73. The van der Waals surface area contributed by atoms with Crippen molar-refractivity contribution in [1.82, 2.24) is 9.78 Å². The molecule has 0 spiro atoms. The number of carbonyl (C=O) groups excluding carboxylic acids is 1. The van der Waals surface area contributed by atoms with Crippen LogP contribution in [-0.2, 0) is 0 Å². The molecule has 8 heteroatoms. The molecule has 0 atom stereocenters. The van der Waals surface area contributed by atoms with Gasteiger partial charge in [-0.15, -0.1) is 0 Å². The number of carbonyl (C=O) groups is 1. The first-order valence-corrected chi connectivity index (χ1v) is 12.3. The van der Waals surface area contributed by atoms with Crippen LogP contribution in [0.4, 0.5) is 5.69 Å². The van der Waals surface area contributed by atoms with Crippen LogP contribution in [0.3, 0.4) is 0 Å². The van der Waals surface area contributed by atoms with E-state index in [1.807, 2.05) is 36.9 Å². The van der Waals surface area contributed by atoms with Crippen LogP contribution >= 0.6 is 0 Å². The van der Waals surface area contributed by atoms with Crippen molar-refractivity contribution in [2.45, 2.75) is 70.4 Å². The number of aliphatic hydroxyl groups excluding tert-OH is 1. The van der Waals surface area contributed by atoms with Crippen LogP contribution in [0.15, 0.2) is 36.5 Å². The fraction of sp³-hybridized carbons (Fsp3) is 0.500. The summed E-state index contributed by atoms with van der Waals surface area (Å²) in [5, 5.41) is 29.1. The Kier molecular flexibility index (Phi) is 6.16. The molecule has 0 radical (unpaired) electrons. The Morgan fingerprint density at radius 1 is 1.21 bits per heavy atom. The molecule has 2 heterocycles. The van der Waals surface area contributed by atoms with Crippen molar-refractivity contribution in [1.29, 1.82) is 0 Å². The van der Waals surface area contributed by atoms with Gasteiger partial charge < -0.3 is 15.2 Å². The van der Waals surface area contributed by atoms with Gasteiger partial charge >= 0.3 is 11.6 Å². The molecule has 0 saturated heterocycles. The van der Waals surface area contributed by atoms with E-state index in [-0.39, 0.29) is 23.8 Å². The number of aliphatic hydroxyl groups is 1. The van der Waals surface area contributed by atoms with Crippen LogP contribution < -0.4 is 14.8 Å². The quantitative estimate of drug-likeness (QED) is 0.359. The lowest BCUT2D eigenvalue weighted by Gasteiger charge is -2.25. The highest BCUT2D eigenvalue weighted by atomic mass is 16.5. The van der Waals surface area contributed by atoms with E-state index in [0.29, 0.717) is 29.7 Å². The number of pyridine rings is 1. The second kappa shape index (κ2) is 9.25. The smallest absolute Gasteiger partial charge is 0.325 e. The average molecular weight is 466 g/mol. The highest BCUT2D eigenvalue weighted by molar-refractivity contribution is 6.04. The van der Waals surface area contributed by atoms with Crippen molar-refractivity contribution in [3.63, 3.8) is 0 Å². The predicted molar refractivity (Wildman–Crippen MR) is 127 cm³/mol. The molecule has 1 amide bonds. The Balaban J connectivity index is 1.45. The standard InChI is InChI=1S/C26H32N4O4/c1-16(2)23-4-3-5-24(30(23)33)26(32)27-22-12-18-14-29(19-8-10-20(31)11-9-19)28-21(18)13-25(22)34-15-17-6-7-17/h3-5,12-14,16-17,19-20,31H,6-11,15H2,1-2H3,(H-,27,32,33)/p+1. The van der Waals surface area contributed by atoms with E-state index in [1.54, 1.807) is 18.2 Å². The van der Waals surface area contributed by atoms with Crippen LogP contribution in [0.25, 0.3) is 10.9 Å². The van der Waals surface area contributed by atoms with E-state index in [4.69, 9.17) is 9.84 Å². The zero-order valence-electron chi connectivity index (χ0n) is 19.8. The normalized spacial score (nSPS) is 20.6.